The first-order valence-corrected chi connectivity index (χ1v) is 9.24. The van der Waals surface area contributed by atoms with E-state index in [1.807, 2.05) is 12.1 Å². The highest BCUT2D eigenvalue weighted by Gasteiger charge is 2.19. The molecule has 2 heterocycles. The fourth-order valence-electron chi connectivity index (χ4n) is 2.77. The van der Waals surface area contributed by atoms with Crippen molar-refractivity contribution in [2.75, 3.05) is 31.7 Å². The standard InChI is InChI=1S/C18H15BrClNO5/c19-11-7-15-14(23-1-2-24-15)5-10(11)6-18(22)21-13-9-17-16(8-12(13)20)25-3-4-26-17/h5,7-9H,1-4,6H2,(H,21,22). The number of hydrogen-bond acceptors (Lipinski definition) is 5. The molecule has 2 aliphatic rings. The van der Waals surface area contributed by atoms with Gasteiger partial charge in [0.25, 0.3) is 0 Å². The number of halogens is 2. The monoisotopic (exact) mass is 439 g/mol. The number of carbonyl (C=O) groups is 1. The predicted octanol–water partition coefficient (Wildman–Crippen LogP) is 3.83. The lowest BCUT2D eigenvalue weighted by molar-refractivity contribution is -0.115. The number of carbonyl (C=O) groups excluding carboxylic acids is 1. The summed E-state index contributed by atoms with van der Waals surface area (Å²) in [6, 6.07) is 6.94. The van der Waals surface area contributed by atoms with Crippen molar-refractivity contribution in [2.24, 2.45) is 0 Å². The quantitative estimate of drug-likeness (QED) is 0.786. The van der Waals surface area contributed by atoms with Crippen LogP contribution in [-0.4, -0.2) is 32.3 Å². The molecule has 1 amide bonds. The molecule has 0 unspecified atom stereocenters. The van der Waals surface area contributed by atoms with Crippen LogP contribution in [0, 0.1) is 0 Å². The maximum atomic E-state index is 12.5. The summed E-state index contributed by atoms with van der Waals surface area (Å²) < 4.78 is 22.9. The Kier molecular flexibility index (Phi) is 4.82. The molecule has 0 aromatic heterocycles. The molecule has 4 rings (SSSR count). The van der Waals surface area contributed by atoms with Crippen LogP contribution in [0.25, 0.3) is 0 Å². The summed E-state index contributed by atoms with van der Waals surface area (Å²) in [5, 5.41) is 3.21. The van der Waals surface area contributed by atoms with Gasteiger partial charge >= 0.3 is 0 Å². The number of anilines is 1. The lowest BCUT2D eigenvalue weighted by Gasteiger charge is -2.20. The van der Waals surface area contributed by atoms with Gasteiger partial charge in [0.05, 0.1) is 17.1 Å². The second-order valence-corrected chi connectivity index (χ2v) is 7.05. The smallest absolute Gasteiger partial charge is 0.228 e. The van der Waals surface area contributed by atoms with E-state index in [1.165, 1.54) is 0 Å². The van der Waals surface area contributed by atoms with Gasteiger partial charge in [-0.1, -0.05) is 27.5 Å². The molecular formula is C18H15BrClNO5. The Bertz CT molecular complexity index is 804. The Hall–Kier alpha value is -2.12. The number of hydrogen-bond donors (Lipinski definition) is 1. The molecule has 0 spiro atoms. The van der Waals surface area contributed by atoms with Gasteiger partial charge in [-0.2, -0.15) is 0 Å². The van der Waals surface area contributed by atoms with E-state index in [0.29, 0.717) is 60.1 Å². The Morgan fingerprint density at radius 3 is 2.12 bits per heavy atom. The molecule has 136 valence electrons. The van der Waals surface area contributed by atoms with Gasteiger partial charge in [0.2, 0.25) is 5.91 Å². The lowest BCUT2D eigenvalue weighted by atomic mass is 10.1. The van der Waals surface area contributed by atoms with Crippen LogP contribution >= 0.6 is 27.5 Å². The minimum atomic E-state index is -0.207. The van der Waals surface area contributed by atoms with Crippen molar-refractivity contribution in [2.45, 2.75) is 6.42 Å². The van der Waals surface area contributed by atoms with Crippen LogP contribution in [0.2, 0.25) is 5.02 Å². The molecule has 0 bridgehead atoms. The predicted molar refractivity (Wildman–Crippen MR) is 99.9 cm³/mol. The van der Waals surface area contributed by atoms with E-state index in [9.17, 15) is 4.79 Å². The van der Waals surface area contributed by atoms with Crippen molar-refractivity contribution in [3.63, 3.8) is 0 Å². The van der Waals surface area contributed by atoms with E-state index in [-0.39, 0.29) is 12.3 Å². The van der Waals surface area contributed by atoms with Crippen molar-refractivity contribution in [3.8, 4) is 23.0 Å². The van der Waals surface area contributed by atoms with E-state index in [4.69, 9.17) is 30.5 Å². The largest absolute Gasteiger partial charge is 0.486 e. The second-order valence-electron chi connectivity index (χ2n) is 5.79. The zero-order valence-corrected chi connectivity index (χ0v) is 16.0. The van der Waals surface area contributed by atoms with E-state index in [2.05, 4.69) is 21.2 Å². The molecule has 0 fully saturated rings. The number of rotatable bonds is 3. The molecule has 8 heteroatoms. The van der Waals surface area contributed by atoms with Gasteiger partial charge in [0.15, 0.2) is 23.0 Å². The highest BCUT2D eigenvalue weighted by molar-refractivity contribution is 9.10. The number of benzene rings is 2. The highest BCUT2D eigenvalue weighted by atomic mass is 79.9. The van der Waals surface area contributed by atoms with Crippen LogP contribution in [0.4, 0.5) is 5.69 Å². The third-order valence-corrected chi connectivity index (χ3v) is 5.02. The zero-order valence-electron chi connectivity index (χ0n) is 13.6. The average molecular weight is 441 g/mol. The van der Waals surface area contributed by atoms with Crippen molar-refractivity contribution < 1.29 is 23.7 Å². The SMILES string of the molecule is O=C(Cc1cc2c(cc1Br)OCCO2)Nc1cc2c(cc1Cl)OCCO2. The molecule has 1 N–H and O–H groups in total. The van der Waals surface area contributed by atoms with Gasteiger partial charge in [-0.05, 0) is 17.7 Å². The maximum absolute atomic E-state index is 12.5. The van der Waals surface area contributed by atoms with Crippen LogP contribution in [0.1, 0.15) is 5.56 Å². The molecule has 0 saturated carbocycles. The maximum Gasteiger partial charge on any atom is 0.228 e. The lowest BCUT2D eigenvalue weighted by Crippen LogP contribution is -2.18. The summed E-state index contributed by atoms with van der Waals surface area (Å²) in [6.07, 6.45) is 0.155. The second kappa shape index (κ2) is 7.25. The first kappa shape index (κ1) is 17.3. The molecule has 26 heavy (non-hydrogen) atoms. The zero-order chi connectivity index (χ0) is 18.1. The summed E-state index contributed by atoms with van der Waals surface area (Å²) in [7, 11) is 0. The molecule has 0 atom stereocenters. The molecule has 2 aromatic carbocycles. The summed E-state index contributed by atoms with van der Waals surface area (Å²) in [6.45, 7) is 1.95. The third kappa shape index (κ3) is 3.54. The van der Waals surface area contributed by atoms with Crippen molar-refractivity contribution in [1.82, 2.24) is 0 Å². The van der Waals surface area contributed by atoms with Crippen LogP contribution in [-0.2, 0) is 11.2 Å². The Balaban J connectivity index is 1.51. The Morgan fingerprint density at radius 1 is 0.923 bits per heavy atom. The van der Waals surface area contributed by atoms with E-state index >= 15 is 0 Å². The van der Waals surface area contributed by atoms with Crippen molar-refractivity contribution >= 4 is 39.1 Å². The molecule has 0 radical (unpaired) electrons. The topological polar surface area (TPSA) is 66.0 Å². The Labute approximate surface area is 163 Å². The summed E-state index contributed by atoms with van der Waals surface area (Å²) in [5.74, 6) is 2.24. The Morgan fingerprint density at radius 2 is 1.46 bits per heavy atom. The number of nitrogens with one attached hydrogen (secondary N) is 1. The first-order valence-electron chi connectivity index (χ1n) is 8.07. The summed E-state index contributed by atoms with van der Waals surface area (Å²) in [5.41, 5.74) is 1.27. The highest BCUT2D eigenvalue weighted by Crippen LogP contribution is 2.38. The van der Waals surface area contributed by atoms with E-state index in [0.717, 1.165) is 10.0 Å². The normalized spacial score (nSPS) is 14.7. The van der Waals surface area contributed by atoms with Gasteiger partial charge in [0.1, 0.15) is 26.4 Å². The minimum absolute atomic E-state index is 0.155. The van der Waals surface area contributed by atoms with Crippen molar-refractivity contribution in [1.29, 1.82) is 0 Å². The molecule has 0 saturated heterocycles. The number of amides is 1. The van der Waals surface area contributed by atoms with E-state index < -0.39 is 0 Å². The first-order chi connectivity index (χ1) is 12.6. The van der Waals surface area contributed by atoms with E-state index in [1.54, 1.807) is 12.1 Å². The van der Waals surface area contributed by atoms with Gasteiger partial charge in [-0.15, -0.1) is 0 Å². The van der Waals surface area contributed by atoms with Gasteiger partial charge in [-0.3, -0.25) is 4.79 Å². The average Bonchev–Trinajstić information content (AvgIpc) is 2.63. The fraction of sp³-hybridized carbons (Fsp3) is 0.278. The van der Waals surface area contributed by atoms with Crippen LogP contribution in [0.15, 0.2) is 28.7 Å². The molecular weight excluding hydrogens is 426 g/mol. The fourth-order valence-corrected chi connectivity index (χ4v) is 3.43. The number of ether oxygens (including phenoxy) is 4. The van der Waals surface area contributed by atoms with Crippen molar-refractivity contribution in [3.05, 3.63) is 39.3 Å². The summed E-state index contributed by atoms with van der Waals surface area (Å²) >= 11 is 9.71. The summed E-state index contributed by atoms with van der Waals surface area (Å²) in [4.78, 5) is 12.5. The third-order valence-electron chi connectivity index (χ3n) is 3.97. The molecule has 2 aromatic rings. The molecule has 6 nitrogen and oxygen atoms in total. The van der Waals surface area contributed by atoms with Gasteiger partial charge < -0.3 is 24.3 Å². The molecule has 0 aliphatic carbocycles. The van der Waals surface area contributed by atoms with Crippen LogP contribution in [0.3, 0.4) is 0 Å². The van der Waals surface area contributed by atoms with Crippen LogP contribution in [0.5, 0.6) is 23.0 Å². The van der Waals surface area contributed by atoms with Gasteiger partial charge in [-0.25, -0.2) is 0 Å². The van der Waals surface area contributed by atoms with Crippen LogP contribution < -0.4 is 24.3 Å². The molecule has 2 aliphatic heterocycles. The van der Waals surface area contributed by atoms with Gasteiger partial charge in [0, 0.05) is 16.6 Å². The minimum Gasteiger partial charge on any atom is -0.486 e. The number of fused-ring (bicyclic) bond motifs is 2.